The van der Waals surface area contributed by atoms with Crippen molar-refractivity contribution in [2.24, 2.45) is 0 Å². The second-order valence-electron chi connectivity index (χ2n) is 8.48. The van der Waals surface area contributed by atoms with Gasteiger partial charge in [-0.05, 0) is 70.7 Å². The van der Waals surface area contributed by atoms with Gasteiger partial charge >= 0.3 is 6.01 Å². The summed E-state index contributed by atoms with van der Waals surface area (Å²) < 4.78 is 14.0. The highest BCUT2D eigenvalue weighted by molar-refractivity contribution is 9.10. The Morgan fingerprint density at radius 1 is 0.971 bits per heavy atom. The number of nitrogens with zero attached hydrogens (tertiary/aromatic N) is 5. The van der Waals surface area contributed by atoms with Gasteiger partial charge < -0.3 is 19.8 Å². The molecule has 3 aromatic heterocycles. The molecule has 2 N–H and O–H groups in total. The molecule has 9 heteroatoms. The highest BCUT2D eigenvalue weighted by Gasteiger charge is 2.16. The van der Waals surface area contributed by atoms with Gasteiger partial charge in [0, 0.05) is 18.8 Å². The molecule has 0 radical (unpaired) electrons. The Morgan fingerprint density at radius 2 is 1.71 bits per heavy atom. The van der Waals surface area contributed by atoms with Gasteiger partial charge in [-0.3, -0.25) is 4.90 Å². The molecule has 1 fully saturated rings. The summed E-state index contributed by atoms with van der Waals surface area (Å²) in [5, 5.41) is 0.787. The quantitative estimate of drug-likeness (QED) is 0.366. The van der Waals surface area contributed by atoms with E-state index in [0.29, 0.717) is 18.2 Å². The van der Waals surface area contributed by atoms with Crippen LogP contribution < -0.4 is 15.2 Å². The maximum atomic E-state index is 6.24. The first-order chi connectivity index (χ1) is 16.6. The molecule has 0 saturated carbocycles. The molecule has 0 atom stereocenters. The number of pyridine rings is 1. The smallest absolute Gasteiger partial charge is 0.320 e. The number of nitrogens with two attached hydrogens (primary N) is 1. The lowest BCUT2D eigenvalue weighted by molar-refractivity contribution is 0.281. The number of fused-ring (bicyclic) bond motifs is 1. The van der Waals surface area contributed by atoms with E-state index in [4.69, 9.17) is 15.2 Å². The monoisotopic (exact) mass is 522 g/mol. The van der Waals surface area contributed by atoms with E-state index in [1.165, 1.54) is 37.1 Å². The highest BCUT2D eigenvalue weighted by Crippen LogP contribution is 2.29. The van der Waals surface area contributed by atoms with Crippen molar-refractivity contribution in [3.8, 4) is 11.9 Å². The number of hydrogen-bond donors (Lipinski definition) is 1. The number of benzene rings is 1. The Balaban J connectivity index is 1.34. The summed E-state index contributed by atoms with van der Waals surface area (Å²) in [5.74, 6) is 0.911. The van der Waals surface area contributed by atoms with Crippen LogP contribution in [0.5, 0.6) is 11.9 Å². The topological polar surface area (TPSA) is 91.3 Å². The molecule has 4 heterocycles. The van der Waals surface area contributed by atoms with Gasteiger partial charge in [0.15, 0.2) is 5.65 Å². The normalized spacial score (nSPS) is 14.1. The number of likely N-dealkylation sites (tertiary alicyclic amines) is 1. The lowest BCUT2D eigenvalue weighted by Crippen LogP contribution is -2.18. The van der Waals surface area contributed by atoms with Crippen molar-refractivity contribution in [2.75, 3.05) is 25.9 Å². The van der Waals surface area contributed by atoms with Gasteiger partial charge in [-0.25, -0.2) is 4.98 Å². The largest absolute Gasteiger partial charge is 0.481 e. The first-order valence-corrected chi connectivity index (χ1v) is 12.1. The second kappa shape index (κ2) is 9.99. The number of halogens is 1. The van der Waals surface area contributed by atoms with Gasteiger partial charge in [0.05, 0.1) is 23.6 Å². The minimum Gasteiger partial charge on any atom is -0.481 e. The van der Waals surface area contributed by atoms with Crippen molar-refractivity contribution in [1.82, 2.24) is 24.4 Å². The van der Waals surface area contributed by atoms with Gasteiger partial charge in [-0.15, -0.1) is 0 Å². The van der Waals surface area contributed by atoms with Crippen molar-refractivity contribution < 1.29 is 9.47 Å². The number of rotatable bonds is 8. The minimum atomic E-state index is 0.230. The zero-order valence-electron chi connectivity index (χ0n) is 19.1. The van der Waals surface area contributed by atoms with Crippen LogP contribution in [0, 0.1) is 0 Å². The third-order valence-electron chi connectivity index (χ3n) is 6.06. The molecule has 1 aliphatic rings. The predicted octanol–water partition coefficient (Wildman–Crippen LogP) is 4.40. The van der Waals surface area contributed by atoms with Crippen LogP contribution in [-0.2, 0) is 19.7 Å². The molecule has 0 amide bonds. The highest BCUT2D eigenvalue weighted by atomic mass is 79.9. The molecule has 34 heavy (non-hydrogen) atoms. The maximum Gasteiger partial charge on any atom is 0.320 e. The van der Waals surface area contributed by atoms with E-state index >= 15 is 0 Å². The van der Waals surface area contributed by atoms with Crippen molar-refractivity contribution in [3.05, 3.63) is 70.0 Å². The molecule has 0 bridgehead atoms. The van der Waals surface area contributed by atoms with E-state index in [1.807, 2.05) is 18.2 Å². The number of anilines is 1. The van der Waals surface area contributed by atoms with Crippen LogP contribution in [0.25, 0.3) is 11.0 Å². The van der Waals surface area contributed by atoms with E-state index in [9.17, 15) is 0 Å². The zero-order valence-corrected chi connectivity index (χ0v) is 20.7. The molecule has 5 rings (SSSR count). The van der Waals surface area contributed by atoms with E-state index in [1.54, 1.807) is 13.3 Å². The first kappa shape index (κ1) is 22.6. The van der Waals surface area contributed by atoms with E-state index in [2.05, 4.69) is 64.6 Å². The van der Waals surface area contributed by atoms with Gasteiger partial charge in [-0.1, -0.05) is 24.3 Å². The fourth-order valence-electron chi connectivity index (χ4n) is 4.24. The Morgan fingerprint density at radius 3 is 2.44 bits per heavy atom. The first-order valence-electron chi connectivity index (χ1n) is 11.3. The van der Waals surface area contributed by atoms with Crippen LogP contribution in [0.15, 0.2) is 53.3 Å². The van der Waals surface area contributed by atoms with Crippen LogP contribution in [0.1, 0.15) is 29.5 Å². The summed E-state index contributed by atoms with van der Waals surface area (Å²) in [6, 6.07) is 14.6. The molecule has 176 valence electrons. The van der Waals surface area contributed by atoms with Gasteiger partial charge in [0.2, 0.25) is 5.88 Å². The van der Waals surface area contributed by atoms with Crippen molar-refractivity contribution in [2.45, 2.75) is 32.5 Å². The Bertz CT molecular complexity index is 1280. The summed E-state index contributed by atoms with van der Waals surface area (Å²) in [5.41, 5.74) is 10.4. The molecule has 0 unspecified atom stereocenters. The van der Waals surface area contributed by atoms with E-state index in [-0.39, 0.29) is 12.6 Å². The van der Waals surface area contributed by atoms with Gasteiger partial charge in [-0.2, -0.15) is 9.97 Å². The van der Waals surface area contributed by atoms with Crippen molar-refractivity contribution >= 4 is 32.8 Å². The van der Waals surface area contributed by atoms with Gasteiger partial charge in [0.25, 0.3) is 0 Å². The molecule has 1 saturated heterocycles. The SMILES string of the molecule is COc1cc(COc2nc(N)c3cc(Br)n(Cc4ccc(CN5CCCC5)cc4)c3n2)ccn1. The molecule has 1 aliphatic heterocycles. The number of nitrogen functional groups attached to an aromatic ring is 1. The Hall–Kier alpha value is -3.17. The minimum absolute atomic E-state index is 0.230. The summed E-state index contributed by atoms with van der Waals surface area (Å²) >= 11 is 3.66. The molecule has 0 spiro atoms. The maximum absolute atomic E-state index is 6.24. The fourth-order valence-corrected chi connectivity index (χ4v) is 4.76. The van der Waals surface area contributed by atoms with Crippen LogP contribution in [0.4, 0.5) is 5.82 Å². The number of methoxy groups -OCH3 is 1. The number of aromatic nitrogens is 4. The third kappa shape index (κ3) is 5.00. The molecule has 1 aromatic carbocycles. The molecule has 8 nitrogen and oxygen atoms in total. The van der Waals surface area contributed by atoms with Crippen LogP contribution in [0.3, 0.4) is 0 Å². The summed E-state index contributed by atoms with van der Waals surface area (Å²) in [4.78, 5) is 15.6. The number of ether oxygens (including phenoxy) is 2. The molecule has 4 aromatic rings. The fraction of sp³-hybridized carbons (Fsp3) is 0.320. The lowest BCUT2D eigenvalue weighted by atomic mass is 10.1. The van der Waals surface area contributed by atoms with Crippen LogP contribution >= 0.6 is 15.9 Å². The summed E-state index contributed by atoms with van der Waals surface area (Å²) in [6.45, 7) is 4.36. The second-order valence-corrected chi connectivity index (χ2v) is 9.29. The lowest BCUT2D eigenvalue weighted by Gasteiger charge is -2.15. The van der Waals surface area contributed by atoms with Crippen molar-refractivity contribution in [1.29, 1.82) is 0 Å². The van der Waals surface area contributed by atoms with Crippen LogP contribution in [-0.4, -0.2) is 44.6 Å². The van der Waals surface area contributed by atoms with E-state index < -0.39 is 0 Å². The van der Waals surface area contributed by atoms with E-state index in [0.717, 1.165) is 27.7 Å². The zero-order chi connectivity index (χ0) is 23.5. The summed E-state index contributed by atoms with van der Waals surface area (Å²) in [6.07, 6.45) is 4.29. The molecule has 0 aliphatic carbocycles. The Kier molecular flexibility index (Phi) is 6.64. The predicted molar refractivity (Wildman–Crippen MR) is 135 cm³/mol. The van der Waals surface area contributed by atoms with Crippen LogP contribution in [0.2, 0.25) is 0 Å². The third-order valence-corrected chi connectivity index (χ3v) is 6.71. The average Bonchev–Trinajstić information content (AvgIpc) is 3.47. The standard InChI is InChI=1S/C25H27BrN6O2/c1-33-22-12-19(8-9-28-22)16-34-25-29-23(27)20-13-21(26)32(24(20)30-25)15-18-6-4-17(5-7-18)14-31-10-2-3-11-31/h4-9,12-13H,2-3,10-11,14-16H2,1H3,(H2,27,29,30). The molecular weight excluding hydrogens is 496 g/mol. The van der Waals surface area contributed by atoms with Gasteiger partial charge in [0.1, 0.15) is 12.4 Å². The average molecular weight is 523 g/mol. The summed E-state index contributed by atoms with van der Waals surface area (Å²) in [7, 11) is 1.58. The molecular formula is C25H27BrN6O2. The van der Waals surface area contributed by atoms with Crippen molar-refractivity contribution in [3.63, 3.8) is 0 Å². The number of hydrogen-bond acceptors (Lipinski definition) is 7. The Labute approximate surface area is 206 Å².